The summed E-state index contributed by atoms with van der Waals surface area (Å²) in [6.07, 6.45) is 0.956. The van der Waals surface area contributed by atoms with Crippen molar-refractivity contribution in [1.29, 1.82) is 0 Å². The van der Waals surface area contributed by atoms with Crippen molar-refractivity contribution in [2.24, 2.45) is 13.0 Å². The number of β-amino-alcohol motifs (C(OH)–C–C–N with tert-alkyl or cyclic N) is 1. The second-order valence-corrected chi connectivity index (χ2v) is 7.83. The Morgan fingerprint density at radius 2 is 2.10 bits per heavy atom. The van der Waals surface area contributed by atoms with Gasteiger partial charge in [-0.2, -0.15) is 0 Å². The standard InChI is InChI=1S/C13H21N3O4S/c1-14(2)21(19,20)9-10-7-16(8-12(10)17)13(18)11-5-4-6-15(11)3/h4-6,10,12,17H,7-9H2,1-3H3/t10-,12-/m0/s1. The molecule has 1 aliphatic heterocycles. The average Bonchev–Trinajstić information content (AvgIpc) is 2.95. The molecular weight excluding hydrogens is 294 g/mol. The van der Waals surface area contributed by atoms with E-state index in [0.29, 0.717) is 5.69 Å². The molecule has 0 radical (unpaired) electrons. The van der Waals surface area contributed by atoms with Gasteiger partial charge in [-0.1, -0.05) is 0 Å². The van der Waals surface area contributed by atoms with Crippen LogP contribution in [-0.2, 0) is 17.1 Å². The largest absolute Gasteiger partial charge is 0.391 e. The highest BCUT2D eigenvalue weighted by atomic mass is 32.2. The van der Waals surface area contributed by atoms with Crippen LogP contribution in [0.4, 0.5) is 0 Å². The van der Waals surface area contributed by atoms with Gasteiger partial charge in [0.05, 0.1) is 11.9 Å². The molecule has 2 rings (SSSR count). The van der Waals surface area contributed by atoms with Crippen LogP contribution in [-0.4, -0.2) is 72.2 Å². The molecule has 0 aliphatic carbocycles. The Kier molecular flexibility index (Phi) is 4.40. The van der Waals surface area contributed by atoms with Crippen molar-refractivity contribution in [3.05, 3.63) is 24.0 Å². The minimum absolute atomic E-state index is 0.155. The number of amides is 1. The highest BCUT2D eigenvalue weighted by Crippen LogP contribution is 2.21. The lowest BCUT2D eigenvalue weighted by Gasteiger charge is -2.18. The van der Waals surface area contributed by atoms with Crippen molar-refractivity contribution in [2.45, 2.75) is 6.10 Å². The highest BCUT2D eigenvalue weighted by molar-refractivity contribution is 7.89. The van der Waals surface area contributed by atoms with Gasteiger partial charge in [-0.25, -0.2) is 12.7 Å². The number of carbonyl (C=O) groups is 1. The third-order valence-corrected chi connectivity index (χ3v) is 5.80. The van der Waals surface area contributed by atoms with E-state index in [1.54, 1.807) is 29.9 Å². The number of aliphatic hydroxyl groups excluding tert-OH is 1. The van der Waals surface area contributed by atoms with Gasteiger partial charge >= 0.3 is 0 Å². The molecule has 1 saturated heterocycles. The number of likely N-dealkylation sites (tertiary alicyclic amines) is 1. The van der Waals surface area contributed by atoms with Gasteiger partial charge in [0.2, 0.25) is 10.0 Å². The minimum Gasteiger partial charge on any atom is -0.391 e. The first-order valence-corrected chi connectivity index (χ1v) is 8.32. The molecule has 0 unspecified atom stereocenters. The first-order chi connectivity index (χ1) is 9.72. The summed E-state index contributed by atoms with van der Waals surface area (Å²) >= 11 is 0. The van der Waals surface area contributed by atoms with Crippen molar-refractivity contribution >= 4 is 15.9 Å². The van der Waals surface area contributed by atoms with E-state index in [4.69, 9.17) is 0 Å². The molecule has 0 bridgehead atoms. The Morgan fingerprint density at radius 3 is 2.62 bits per heavy atom. The number of carbonyl (C=O) groups excluding carboxylic acids is 1. The van der Waals surface area contributed by atoms with Gasteiger partial charge in [0.15, 0.2) is 0 Å². The third-order valence-electron chi connectivity index (χ3n) is 3.84. The SMILES string of the molecule is CN(C)S(=O)(=O)C[C@@H]1CN(C(=O)c2cccn2C)C[C@@H]1O. The maximum Gasteiger partial charge on any atom is 0.270 e. The molecule has 0 saturated carbocycles. The number of sulfonamides is 1. The topological polar surface area (TPSA) is 82.9 Å². The first kappa shape index (κ1) is 16.0. The van der Waals surface area contributed by atoms with Crippen LogP contribution in [0.5, 0.6) is 0 Å². The maximum atomic E-state index is 12.4. The summed E-state index contributed by atoms with van der Waals surface area (Å²) in [5.41, 5.74) is 0.526. The van der Waals surface area contributed by atoms with Crippen LogP contribution in [0, 0.1) is 5.92 Å². The van der Waals surface area contributed by atoms with E-state index in [9.17, 15) is 18.3 Å². The lowest BCUT2D eigenvalue weighted by Crippen LogP contribution is -2.34. The predicted molar refractivity (Wildman–Crippen MR) is 78.3 cm³/mol. The smallest absolute Gasteiger partial charge is 0.270 e. The van der Waals surface area contributed by atoms with Gasteiger partial charge in [0.25, 0.3) is 5.91 Å². The summed E-state index contributed by atoms with van der Waals surface area (Å²) in [4.78, 5) is 13.9. The van der Waals surface area contributed by atoms with Crippen LogP contribution in [0.2, 0.25) is 0 Å². The number of aliphatic hydroxyl groups is 1. The quantitative estimate of drug-likeness (QED) is 0.800. The van der Waals surface area contributed by atoms with Crippen molar-refractivity contribution in [1.82, 2.24) is 13.8 Å². The molecule has 0 aromatic carbocycles. The molecule has 1 N–H and O–H groups in total. The summed E-state index contributed by atoms with van der Waals surface area (Å²) in [6, 6.07) is 3.48. The first-order valence-electron chi connectivity index (χ1n) is 6.71. The molecule has 21 heavy (non-hydrogen) atoms. The lowest BCUT2D eigenvalue weighted by molar-refractivity contribution is 0.0755. The zero-order valence-corrected chi connectivity index (χ0v) is 13.2. The van der Waals surface area contributed by atoms with E-state index < -0.39 is 22.0 Å². The number of aromatic nitrogens is 1. The summed E-state index contributed by atoms with van der Waals surface area (Å²) in [7, 11) is 1.30. The minimum atomic E-state index is -3.40. The van der Waals surface area contributed by atoms with Gasteiger partial charge < -0.3 is 14.6 Å². The van der Waals surface area contributed by atoms with Gasteiger partial charge in [-0.05, 0) is 12.1 Å². The van der Waals surface area contributed by atoms with Gasteiger partial charge in [0.1, 0.15) is 5.69 Å². The third kappa shape index (κ3) is 3.28. The highest BCUT2D eigenvalue weighted by Gasteiger charge is 2.37. The Morgan fingerprint density at radius 1 is 1.43 bits per heavy atom. The van der Waals surface area contributed by atoms with Gasteiger partial charge in [0, 0.05) is 46.3 Å². The van der Waals surface area contributed by atoms with E-state index in [1.807, 2.05) is 0 Å². The molecule has 2 heterocycles. The fourth-order valence-electron chi connectivity index (χ4n) is 2.45. The molecule has 118 valence electrons. The Bertz CT molecular complexity index is 623. The summed E-state index contributed by atoms with van der Waals surface area (Å²) in [6.45, 7) is 0.413. The number of rotatable bonds is 4. The van der Waals surface area contributed by atoms with E-state index >= 15 is 0 Å². The molecule has 0 spiro atoms. The number of nitrogens with zero attached hydrogens (tertiary/aromatic N) is 3. The molecule has 8 heteroatoms. The monoisotopic (exact) mass is 315 g/mol. The van der Waals surface area contributed by atoms with Crippen LogP contribution in [0.15, 0.2) is 18.3 Å². The molecule has 2 atom stereocenters. The second-order valence-electron chi connectivity index (χ2n) is 5.60. The molecule has 1 fully saturated rings. The second kappa shape index (κ2) is 5.78. The van der Waals surface area contributed by atoms with Crippen LogP contribution in [0.3, 0.4) is 0 Å². The normalized spacial score (nSPS) is 23.0. The fourth-order valence-corrected chi connectivity index (χ4v) is 3.62. The van der Waals surface area contributed by atoms with Crippen molar-refractivity contribution in [3.8, 4) is 0 Å². The number of hydrogen-bond acceptors (Lipinski definition) is 4. The molecule has 7 nitrogen and oxygen atoms in total. The number of hydrogen-bond donors (Lipinski definition) is 1. The van der Waals surface area contributed by atoms with Gasteiger partial charge in [-0.3, -0.25) is 4.79 Å². The van der Waals surface area contributed by atoms with E-state index in [2.05, 4.69) is 0 Å². The Labute approximate surface area is 124 Å². The summed E-state index contributed by atoms with van der Waals surface area (Å²) < 4.78 is 26.6. The van der Waals surface area contributed by atoms with Crippen LogP contribution < -0.4 is 0 Å². The molecule has 1 amide bonds. The number of aryl methyl sites for hydroxylation is 1. The zero-order chi connectivity index (χ0) is 15.8. The predicted octanol–water partition coefficient (Wildman–Crippen LogP) is -0.651. The Balaban J connectivity index is 2.08. The molecule has 1 aliphatic rings. The van der Waals surface area contributed by atoms with E-state index in [1.165, 1.54) is 19.0 Å². The van der Waals surface area contributed by atoms with Gasteiger partial charge in [-0.15, -0.1) is 0 Å². The lowest BCUT2D eigenvalue weighted by atomic mass is 10.1. The summed E-state index contributed by atoms with van der Waals surface area (Å²) in [5, 5.41) is 10.0. The van der Waals surface area contributed by atoms with Crippen LogP contribution in [0.25, 0.3) is 0 Å². The summed E-state index contributed by atoms with van der Waals surface area (Å²) in [5.74, 6) is -0.800. The van der Waals surface area contributed by atoms with Crippen molar-refractivity contribution in [2.75, 3.05) is 32.9 Å². The average molecular weight is 315 g/mol. The fraction of sp³-hybridized carbons (Fsp3) is 0.615. The molecule has 1 aromatic rings. The molecule has 1 aromatic heterocycles. The zero-order valence-electron chi connectivity index (χ0n) is 12.4. The van der Waals surface area contributed by atoms with Crippen molar-refractivity contribution < 1.29 is 18.3 Å². The Hall–Kier alpha value is -1.38. The maximum absolute atomic E-state index is 12.4. The van der Waals surface area contributed by atoms with Crippen molar-refractivity contribution in [3.63, 3.8) is 0 Å². The van der Waals surface area contributed by atoms with E-state index in [0.717, 1.165) is 4.31 Å². The van der Waals surface area contributed by atoms with Crippen LogP contribution in [0.1, 0.15) is 10.5 Å². The van der Waals surface area contributed by atoms with E-state index in [-0.39, 0.29) is 24.7 Å². The van der Waals surface area contributed by atoms with Crippen LogP contribution >= 0.6 is 0 Å². The molecular formula is C13H21N3O4S.